The van der Waals surface area contributed by atoms with E-state index in [1.54, 1.807) is 6.20 Å². The van der Waals surface area contributed by atoms with E-state index in [4.69, 9.17) is 22.7 Å². The fourth-order valence-electron chi connectivity index (χ4n) is 2.23. The molecule has 3 N–H and O–H groups in total. The van der Waals surface area contributed by atoms with E-state index in [1.807, 2.05) is 30.3 Å². The Hall–Kier alpha value is -2.14. The molecular formula is C15H15N3OS. The van der Waals surface area contributed by atoms with E-state index >= 15 is 0 Å². The van der Waals surface area contributed by atoms with Crippen molar-refractivity contribution in [3.05, 3.63) is 53.7 Å². The maximum absolute atomic E-state index is 5.86. The molecular weight excluding hydrogens is 270 g/mol. The molecule has 0 bridgehead atoms. The second kappa shape index (κ2) is 5.46. The predicted octanol–water partition coefficient (Wildman–Crippen LogP) is 2.13. The van der Waals surface area contributed by atoms with Crippen molar-refractivity contribution in [1.29, 1.82) is 0 Å². The highest BCUT2D eigenvalue weighted by atomic mass is 32.1. The van der Waals surface area contributed by atoms with Crippen LogP contribution in [0.5, 0.6) is 5.75 Å². The van der Waals surface area contributed by atoms with Crippen molar-refractivity contribution >= 4 is 23.0 Å². The maximum atomic E-state index is 5.86. The number of nitrogens with one attached hydrogen (secondary N) is 1. The summed E-state index contributed by atoms with van der Waals surface area (Å²) in [4.78, 5) is 4.64. The summed E-state index contributed by atoms with van der Waals surface area (Å²) in [7, 11) is 0. The summed E-state index contributed by atoms with van der Waals surface area (Å²) >= 11 is 4.89. The zero-order chi connectivity index (χ0) is 13.9. The average molecular weight is 285 g/mol. The molecule has 0 aliphatic carbocycles. The highest BCUT2D eigenvalue weighted by molar-refractivity contribution is 7.80. The molecule has 1 aliphatic heterocycles. The van der Waals surface area contributed by atoms with Gasteiger partial charge in [0, 0.05) is 18.2 Å². The van der Waals surface area contributed by atoms with Gasteiger partial charge in [-0.2, -0.15) is 0 Å². The van der Waals surface area contributed by atoms with Gasteiger partial charge in [0.15, 0.2) is 0 Å². The Balaban J connectivity index is 1.57. The lowest BCUT2D eigenvalue weighted by molar-refractivity contribution is 0.246. The summed E-state index contributed by atoms with van der Waals surface area (Å²) in [5, 5.41) is 3.27. The van der Waals surface area contributed by atoms with Gasteiger partial charge >= 0.3 is 0 Å². The topological polar surface area (TPSA) is 60.2 Å². The van der Waals surface area contributed by atoms with E-state index < -0.39 is 0 Å². The van der Waals surface area contributed by atoms with Crippen molar-refractivity contribution in [3.63, 3.8) is 0 Å². The van der Waals surface area contributed by atoms with E-state index in [0.717, 1.165) is 23.6 Å². The molecule has 0 fully saturated rings. The zero-order valence-electron chi connectivity index (χ0n) is 10.9. The number of rotatable bonds is 4. The number of hydrogen-bond donors (Lipinski definition) is 2. The molecule has 5 heteroatoms. The SMILES string of the molecule is NC(=S)c1ccc(NCC2Cc3ccccc3O2)nc1. The monoisotopic (exact) mass is 285 g/mol. The first-order valence-electron chi connectivity index (χ1n) is 6.46. The third-order valence-electron chi connectivity index (χ3n) is 3.27. The molecule has 1 aliphatic rings. The number of nitrogens with two attached hydrogens (primary N) is 1. The number of hydrogen-bond acceptors (Lipinski definition) is 4. The second-order valence-electron chi connectivity index (χ2n) is 4.73. The molecule has 2 aromatic rings. The minimum Gasteiger partial charge on any atom is -0.488 e. The highest BCUT2D eigenvalue weighted by Crippen LogP contribution is 2.28. The number of pyridine rings is 1. The summed E-state index contributed by atoms with van der Waals surface area (Å²) in [6.45, 7) is 0.716. The largest absolute Gasteiger partial charge is 0.488 e. The average Bonchev–Trinajstić information content (AvgIpc) is 2.88. The fraction of sp³-hybridized carbons (Fsp3) is 0.200. The molecule has 0 saturated heterocycles. The molecule has 102 valence electrons. The van der Waals surface area contributed by atoms with Crippen LogP contribution >= 0.6 is 12.2 Å². The van der Waals surface area contributed by atoms with Crippen molar-refractivity contribution in [2.24, 2.45) is 5.73 Å². The molecule has 0 amide bonds. The van der Waals surface area contributed by atoms with Crippen molar-refractivity contribution in [2.45, 2.75) is 12.5 Å². The summed E-state index contributed by atoms with van der Waals surface area (Å²) < 4.78 is 5.86. The number of thiocarbonyl (C=S) groups is 1. The number of para-hydroxylation sites is 1. The molecule has 1 unspecified atom stereocenters. The van der Waals surface area contributed by atoms with Crippen molar-refractivity contribution in [2.75, 3.05) is 11.9 Å². The smallest absolute Gasteiger partial charge is 0.126 e. The van der Waals surface area contributed by atoms with Gasteiger partial charge in [0.1, 0.15) is 22.7 Å². The van der Waals surface area contributed by atoms with E-state index in [0.29, 0.717) is 11.5 Å². The molecule has 0 saturated carbocycles. The third kappa shape index (κ3) is 2.72. The van der Waals surface area contributed by atoms with E-state index in [2.05, 4.69) is 16.4 Å². The first-order valence-corrected chi connectivity index (χ1v) is 6.87. The van der Waals surface area contributed by atoms with E-state index in [9.17, 15) is 0 Å². The summed E-state index contributed by atoms with van der Waals surface area (Å²) in [6.07, 6.45) is 2.74. The van der Waals surface area contributed by atoms with Crippen LogP contribution < -0.4 is 15.8 Å². The Morgan fingerprint density at radius 3 is 2.90 bits per heavy atom. The molecule has 2 heterocycles. The quantitative estimate of drug-likeness (QED) is 0.843. The van der Waals surface area contributed by atoms with E-state index in [-0.39, 0.29) is 6.10 Å². The number of ether oxygens (including phenoxy) is 1. The van der Waals surface area contributed by atoms with Crippen molar-refractivity contribution < 1.29 is 4.74 Å². The lowest BCUT2D eigenvalue weighted by Crippen LogP contribution is -2.24. The molecule has 3 rings (SSSR count). The molecule has 1 aromatic carbocycles. The Morgan fingerprint density at radius 1 is 1.35 bits per heavy atom. The lowest BCUT2D eigenvalue weighted by atomic mass is 10.1. The fourth-order valence-corrected chi connectivity index (χ4v) is 2.35. The molecule has 20 heavy (non-hydrogen) atoms. The third-order valence-corrected chi connectivity index (χ3v) is 3.51. The predicted molar refractivity (Wildman–Crippen MR) is 83.2 cm³/mol. The Labute approximate surface area is 123 Å². The van der Waals surface area contributed by atoms with Gasteiger partial charge in [-0.15, -0.1) is 0 Å². The number of aromatic nitrogens is 1. The molecule has 1 aromatic heterocycles. The van der Waals surface area contributed by atoms with Crippen LogP contribution in [0.25, 0.3) is 0 Å². The number of benzene rings is 1. The first kappa shape index (κ1) is 12.9. The first-order chi connectivity index (χ1) is 9.72. The minimum atomic E-state index is 0.143. The normalized spacial score (nSPS) is 16.3. The van der Waals surface area contributed by atoms with Gasteiger partial charge in [0.2, 0.25) is 0 Å². The summed E-state index contributed by atoms with van der Waals surface area (Å²) in [5.41, 5.74) is 7.57. The Morgan fingerprint density at radius 2 is 2.20 bits per heavy atom. The van der Waals surface area contributed by atoms with E-state index in [1.165, 1.54) is 5.56 Å². The van der Waals surface area contributed by atoms with Crippen LogP contribution in [0.15, 0.2) is 42.6 Å². The van der Waals surface area contributed by atoms with Crippen LogP contribution in [0.4, 0.5) is 5.82 Å². The number of nitrogens with zero attached hydrogens (tertiary/aromatic N) is 1. The summed E-state index contributed by atoms with van der Waals surface area (Å²) in [6, 6.07) is 11.9. The van der Waals surface area contributed by atoms with Gasteiger partial charge < -0.3 is 15.8 Å². The van der Waals surface area contributed by atoms with Gasteiger partial charge in [0.25, 0.3) is 0 Å². The van der Waals surface area contributed by atoms with Gasteiger partial charge in [-0.25, -0.2) is 4.98 Å². The Kier molecular flexibility index (Phi) is 3.52. The van der Waals surface area contributed by atoms with Crippen LogP contribution in [0.1, 0.15) is 11.1 Å². The minimum absolute atomic E-state index is 0.143. The van der Waals surface area contributed by atoms with Crippen molar-refractivity contribution in [3.8, 4) is 5.75 Å². The molecule has 0 spiro atoms. The number of fused-ring (bicyclic) bond motifs is 1. The van der Waals surface area contributed by atoms with Crippen LogP contribution in [0.3, 0.4) is 0 Å². The van der Waals surface area contributed by atoms with Gasteiger partial charge in [-0.1, -0.05) is 30.4 Å². The lowest BCUT2D eigenvalue weighted by Gasteiger charge is -2.12. The second-order valence-corrected chi connectivity index (χ2v) is 5.17. The maximum Gasteiger partial charge on any atom is 0.126 e. The molecule has 4 nitrogen and oxygen atoms in total. The van der Waals surface area contributed by atoms with Crippen molar-refractivity contribution in [1.82, 2.24) is 4.98 Å². The molecule has 0 radical (unpaired) electrons. The number of anilines is 1. The van der Waals surface area contributed by atoms with Gasteiger partial charge in [-0.3, -0.25) is 0 Å². The van der Waals surface area contributed by atoms with Gasteiger partial charge in [-0.05, 0) is 23.8 Å². The Bertz CT molecular complexity index is 602. The molecule has 1 atom stereocenters. The standard InChI is InChI=1S/C15H15N3OS/c16-15(20)11-5-6-14(17-8-11)18-9-12-7-10-3-1-2-4-13(10)19-12/h1-6,8,12H,7,9H2,(H2,16,20)(H,17,18). The van der Waals surface area contributed by atoms with Crippen LogP contribution in [-0.2, 0) is 6.42 Å². The van der Waals surface area contributed by atoms with Crippen LogP contribution in [0, 0.1) is 0 Å². The van der Waals surface area contributed by atoms with Gasteiger partial charge in [0.05, 0.1) is 6.54 Å². The summed E-state index contributed by atoms with van der Waals surface area (Å²) in [5.74, 6) is 1.78. The highest BCUT2D eigenvalue weighted by Gasteiger charge is 2.21. The van der Waals surface area contributed by atoms with Crippen LogP contribution in [0.2, 0.25) is 0 Å². The zero-order valence-corrected chi connectivity index (χ0v) is 11.7. The van der Waals surface area contributed by atoms with Crippen LogP contribution in [-0.4, -0.2) is 22.6 Å².